The lowest BCUT2D eigenvalue weighted by atomic mass is 9.85. The normalized spacial score (nSPS) is 19.3. The van der Waals surface area contributed by atoms with Crippen LogP contribution in [0.3, 0.4) is 0 Å². The number of nitrogens with zero attached hydrogens (tertiary/aromatic N) is 2. The zero-order valence-electron chi connectivity index (χ0n) is 15.6. The highest BCUT2D eigenvalue weighted by Gasteiger charge is 2.34. The van der Waals surface area contributed by atoms with E-state index in [0.29, 0.717) is 6.61 Å². The second-order valence-corrected chi connectivity index (χ2v) is 7.56. The molecule has 1 saturated heterocycles. The lowest BCUT2D eigenvalue weighted by molar-refractivity contribution is -0.0281. The molecular formula is C22H28N2O2. The maximum Gasteiger partial charge on any atom is 0.124 e. The van der Waals surface area contributed by atoms with Crippen LogP contribution in [0.5, 0.6) is 5.75 Å². The number of hydrogen-bond acceptors (Lipinski definition) is 4. The number of benzene rings is 1. The summed E-state index contributed by atoms with van der Waals surface area (Å²) >= 11 is 0. The quantitative estimate of drug-likeness (QED) is 0.895. The van der Waals surface area contributed by atoms with Gasteiger partial charge in [-0.15, -0.1) is 0 Å². The van der Waals surface area contributed by atoms with Crippen LogP contribution in [0.15, 0.2) is 36.7 Å². The number of aryl methyl sites for hydroxylation is 2. The molecular weight excluding hydrogens is 324 g/mol. The van der Waals surface area contributed by atoms with E-state index in [1.807, 2.05) is 19.1 Å². The summed E-state index contributed by atoms with van der Waals surface area (Å²) in [4.78, 5) is 6.60. The van der Waals surface area contributed by atoms with Gasteiger partial charge in [-0.3, -0.25) is 9.88 Å². The van der Waals surface area contributed by atoms with E-state index in [1.165, 1.54) is 36.0 Å². The first-order valence-corrected chi connectivity index (χ1v) is 9.81. The minimum Gasteiger partial charge on any atom is -0.494 e. The van der Waals surface area contributed by atoms with Gasteiger partial charge in [0.1, 0.15) is 5.75 Å². The van der Waals surface area contributed by atoms with Crippen LogP contribution in [0.2, 0.25) is 0 Å². The molecule has 0 atom stereocenters. The van der Waals surface area contributed by atoms with E-state index >= 15 is 0 Å². The van der Waals surface area contributed by atoms with Crippen molar-refractivity contribution in [1.29, 1.82) is 0 Å². The zero-order chi connectivity index (χ0) is 18.0. The molecule has 2 aliphatic rings. The van der Waals surface area contributed by atoms with Crippen LogP contribution >= 0.6 is 0 Å². The highest BCUT2D eigenvalue weighted by molar-refractivity contribution is 5.45. The van der Waals surface area contributed by atoms with Crippen LogP contribution in [-0.4, -0.2) is 34.7 Å². The molecule has 4 rings (SSSR count). The number of hydrogen-bond donors (Lipinski definition) is 1. The van der Waals surface area contributed by atoms with Crippen LogP contribution in [0.1, 0.15) is 48.4 Å². The Labute approximate surface area is 155 Å². The van der Waals surface area contributed by atoms with Crippen LogP contribution in [0.25, 0.3) is 0 Å². The van der Waals surface area contributed by atoms with Crippen molar-refractivity contribution in [2.45, 2.75) is 51.2 Å². The predicted octanol–water partition coefficient (Wildman–Crippen LogP) is 3.45. The summed E-state index contributed by atoms with van der Waals surface area (Å²) in [7, 11) is 0. The maximum absolute atomic E-state index is 11.0. The molecule has 1 aliphatic carbocycles. The third-order valence-electron chi connectivity index (χ3n) is 5.85. The van der Waals surface area contributed by atoms with Crippen molar-refractivity contribution in [3.05, 3.63) is 58.9 Å². The van der Waals surface area contributed by atoms with Crippen molar-refractivity contribution in [3.63, 3.8) is 0 Å². The third kappa shape index (κ3) is 3.49. The Morgan fingerprint density at radius 3 is 2.65 bits per heavy atom. The van der Waals surface area contributed by atoms with Crippen molar-refractivity contribution in [3.8, 4) is 5.75 Å². The molecule has 2 aromatic rings. The molecule has 1 aromatic carbocycles. The third-order valence-corrected chi connectivity index (χ3v) is 5.85. The highest BCUT2D eigenvalue weighted by Crippen LogP contribution is 2.35. The van der Waals surface area contributed by atoms with Crippen molar-refractivity contribution in [2.75, 3.05) is 19.7 Å². The van der Waals surface area contributed by atoms with Gasteiger partial charge in [-0.2, -0.15) is 0 Å². The lowest BCUT2D eigenvalue weighted by Gasteiger charge is -2.38. The number of rotatable bonds is 5. The number of ether oxygens (including phenoxy) is 1. The van der Waals surface area contributed by atoms with E-state index in [1.54, 1.807) is 12.4 Å². The average molecular weight is 352 g/mol. The van der Waals surface area contributed by atoms with E-state index in [4.69, 9.17) is 4.74 Å². The molecule has 0 spiro atoms. The summed E-state index contributed by atoms with van der Waals surface area (Å²) in [5.74, 6) is 1.04. The molecule has 0 bridgehead atoms. The van der Waals surface area contributed by atoms with Crippen LogP contribution in [0, 0.1) is 0 Å². The molecule has 1 N–H and O–H groups in total. The van der Waals surface area contributed by atoms with Crippen LogP contribution in [0.4, 0.5) is 0 Å². The number of pyridine rings is 1. The van der Waals surface area contributed by atoms with Gasteiger partial charge < -0.3 is 9.84 Å². The summed E-state index contributed by atoms with van der Waals surface area (Å²) < 4.78 is 5.93. The highest BCUT2D eigenvalue weighted by atomic mass is 16.5. The van der Waals surface area contributed by atoms with Gasteiger partial charge in [0, 0.05) is 43.2 Å². The van der Waals surface area contributed by atoms with E-state index in [2.05, 4.69) is 22.0 Å². The van der Waals surface area contributed by atoms with E-state index in [-0.39, 0.29) is 0 Å². The van der Waals surface area contributed by atoms with Gasteiger partial charge in [0.2, 0.25) is 0 Å². The molecule has 4 nitrogen and oxygen atoms in total. The molecule has 26 heavy (non-hydrogen) atoms. The number of likely N-dealkylation sites (tertiary alicyclic amines) is 1. The summed E-state index contributed by atoms with van der Waals surface area (Å²) in [5.41, 5.74) is 4.44. The largest absolute Gasteiger partial charge is 0.494 e. The minimum atomic E-state index is -0.745. The number of piperidine rings is 1. The molecule has 0 radical (unpaired) electrons. The van der Waals surface area contributed by atoms with Gasteiger partial charge in [0.05, 0.1) is 12.2 Å². The SMILES string of the molecule is CCOc1cc2c(cc1CN1CCC(O)(c3cccnc3)CC1)CCC2. The molecule has 0 unspecified atom stereocenters. The molecule has 1 fully saturated rings. The Morgan fingerprint density at radius 1 is 1.19 bits per heavy atom. The fraction of sp³-hybridized carbons (Fsp3) is 0.500. The van der Waals surface area contributed by atoms with E-state index < -0.39 is 5.60 Å². The Bertz CT molecular complexity index is 752. The van der Waals surface area contributed by atoms with Gasteiger partial charge in [-0.25, -0.2) is 0 Å². The number of aliphatic hydroxyl groups is 1. The van der Waals surface area contributed by atoms with Gasteiger partial charge in [-0.05, 0) is 62.3 Å². The fourth-order valence-corrected chi connectivity index (χ4v) is 4.31. The predicted molar refractivity (Wildman–Crippen MR) is 102 cm³/mol. The van der Waals surface area contributed by atoms with E-state index in [0.717, 1.165) is 43.8 Å². The van der Waals surface area contributed by atoms with Crippen molar-refractivity contribution in [2.24, 2.45) is 0 Å². The Kier molecular flexibility index (Phi) is 4.96. The molecule has 1 aliphatic heterocycles. The van der Waals surface area contributed by atoms with Gasteiger partial charge >= 0.3 is 0 Å². The second-order valence-electron chi connectivity index (χ2n) is 7.56. The molecule has 0 amide bonds. The van der Waals surface area contributed by atoms with Gasteiger partial charge in [0.25, 0.3) is 0 Å². The number of aromatic nitrogens is 1. The van der Waals surface area contributed by atoms with Crippen molar-refractivity contribution in [1.82, 2.24) is 9.88 Å². The topological polar surface area (TPSA) is 45.6 Å². The first kappa shape index (κ1) is 17.5. The average Bonchev–Trinajstić information content (AvgIpc) is 3.12. The Morgan fingerprint density at radius 2 is 1.96 bits per heavy atom. The smallest absolute Gasteiger partial charge is 0.124 e. The Balaban J connectivity index is 1.46. The first-order chi connectivity index (χ1) is 12.7. The molecule has 2 heterocycles. The summed E-state index contributed by atoms with van der Waals surface area (Å²) in [6.07, 6.45) is 8.66. The summed E-state index contributed by atoms with van der Waals surface area (Å²) in [5, 5.41) is 11.0. The fourth-order valence-electron chi connectivity index (χ4n) is 4.31. The summed E-state index contributed by atoms with van der Waals surface area (Å²) in [6.45, 7) is 5.41. The first-order valence-electron chi connectivity index (χ1n) is 9.81. The maximum atomic E-state index is 11.0. The summed E-state index contributed by atoms with van der Waals surface area (Å²) in [6, 6.07) is 8.50. The molecule has 1 aromatic heterocycles. The Hall–Kier alpha value is -1.91. The molecule has 4 heteroatoms. The van der Waals surface area contributed by atoms with Gasteiger partial charge in [0.15, 0.2) is 0 Å². The minimum absolute atomic E-state index is 0.701. The second kappa shape index (κ2) is 7.37. The monoisotopic (exact) mass is 352 g/mol. The van der Waals surface area contributed by atoms with Crippen LogP contribution in [-0.2, 0) is 25.0 Å². The molecule has 138 valence electrons. The number of fused-ring (bicyclic) bond motifs is 1. The standard InChI is InChI=1S/C22H28N2O2/c1-2-26-21-14-18-6-3-5-17(18)13-19(21)16-24-11-8-22(25,9-12-24)20-7-4-10-23-15-20/h4,7,10,13-15,25H,2-3,5-6,8-9,11-12,16H2,1H3. The zero-order valence-corrected chi connectivity index (χ0v) is 15.6. The lowest BCUT2D eigenvalue weighted by Crippen LogP contribution is -2.42. The van der Waals surface area contributed by atoms with E-state index in [9.17, 15) is 5.11 Å². The van der Waals surface area contributed by atoms with Crippen LogP contribution < -0.4 is 4.74 Å². The van der Waals surface area contributed by atoms with Crippen molar-refractivity contribution >= 4 is 0 Å². The van der Waals surface area contributed by atoms with Crippen molar-refractivity contribution < 1.29 is 9.84 Å². The molecule has 0 saturated carbocycles. The van der Waals surface area contributed by atoms with Gasteiger partial charge in [-0.1, -0.05) is 12.1 Å².